The van der Waals surface area contributed by atoms with Crippen LogP contribution in [-0.4, -0.2) is 27.8 Å². The minimum Gasteiger partial charge on any atom is -0.392 e. The van der Waals surface area contributed by atoms with Gasteiger partial charge in [0.15, 0.2) is 0 Å². The van der Waals surface area contributed by atoms with Crippen LogP contribution in [0.4, 0.5) is 0 Å². The monoisotopic (exact) mass is 315 g/mol. The SMILES string of the molecule is O=C(NCc1cccc(CO)c1)[C@@H]1CCCO[C@H]1c1ccn[nH]1. The van der Waals surface area contributed by atoms with Crippen LogP contribution in [0, 0.1) is 5.92 Å². The first-order valence-electron chi connectivity index (χ1n) is 7.85. The zero-order valence-corrected chi connectivity index (χ0v) is 12.9. The lowest BCUT2D eigenvalue weighted by atomic mass is 9.91. The normalized spacial score (nSPS) is 21.1. The van der Waals surface area contributed by atoms with Gasteiger partial charge in [0.05, 0.1) is 18.2 Å². The minimum atomic E-state index is -0.268. The van der Waals surface area contributed by atoms with Crippen molar-refractivity contribution in [3.8, 4) is 0 Å². The van der Waals surface area contributed by atoms with Gasteiger partial charge in [0.2, 0.25) is 5.91 Å². The number of nitrogens with one attached hydrogen (secondary N) is 2. The Labute approximate surface area is 134 Å². The highest BCUT2D eigenvalue weighted by molar-refractivity contribution is 5.79. The summed E-state index contributed by atoms with van der Waals surface area (Å²) in [5.74, 6) is -0.232. The molecule has 6 nitrogen and oxygen atoms in total. The fraction of sp³-hybridized carbons (Fsp3) is 0.412. The second-order valence-corrected chi connectivity index (χ2v) is 5.75. The lowest BCUT2D eigenvalue weighted by Gasteiger charge is -2.30. The number of H-pyrrole nitrogens is 1. The van der Waals surface area contributed by atoms with E-state index in [2.05, 4.69) is 15.5 Å². The number of benzene rings is 1. The quantitative estimate of drug-likeness (QED) is 0.783. The van der Waals surface area contributed by atoms with Gasteiger partial charge in [-0.2, -0.15) is 5.10 Å². The van der Waals surface area contributed by atoms with E-state index in [-0.39, 0.29) is 24.5 Å². The maximum Gasteiger partial charge on any atom is 0.226 e. The Morgan fingerprint density at radius 3 is 3.04 bits per heavy atom. The number of aliphatic hydroxyl groups is 1. The molecule has 6 heteroatoms. The predicted octanol–water partition coefficient (Wildman–Crippen LogP) is 1.69. The number of carbonyl (C=O) groups excluding carboxylic acids is 1. The van der Waals surface area contributed by atoms with E-state index in [1.165, 1.54) is 0 Å². The van der Waals surface area contributed by atoms with Crippen LogP contribution in [0.1, 0.15) is 35.8 Å². The molecule has 1 aliphatic heterocycles. The summed E-state index contributed by atoms with van der Waals surface area (Å²) in [5.41, 5.74) is 2.65. The van der Waals surface area contributed by atoms with Crippen molar-refractivity contribution in [3.63, 3.8) is 0 Å². The van der Waals surface area contributed by atoms with Gasteiger partial charge >= 0.3 is 0 Å². The number of ether oxygens (including phenoxy) is 1. The highest BCUT2D eigenvalue weighted by Crippen LogP contribution is 2.32. The van der Waals surface area contributed by atoms with Gasteiger partial charge < -0.3 is 15.2 Å². The van der Waals surface area contributed by atoms with Crippen LogP contribution in [0.15, 0.2) is 36.5 Å². The molecule has 0 saturated carbocycles. The second-order valence-electron chi connectivity index (χ2n) is 5.75. The highest BCUT2D eigenvalue weighted by Gasteiger charge is 2.33. The molecule has 0 unspecified atom stereocenters. The molecule has 1 aromatic heterocycles. The number of rotatable bonds is 5. The van der Waals surface area contributed by atoms with Gasteiger partial charge in [-0.15, -0.1) is 0 Å². The Hall–Kier alpha value is -2.18. The van der Waals surface area contributed by atoms with E-state index in [1.54, 1.807) is 6.20 Å². The highest BCUT2D eigenvalue weighted by atomic mass is 16.5. The first-order valence-corrected chi connectivity index (χ1v) is 7.85. The Kier molecular flexibility index (Phi) is 5.05. The molecule has 1 saturated heterocycles. The fourth-order valence-corrected chi connectivity index (χ4v) is 2.94. The van der Waals surface area contributed by atoms with E-state index < -0.39 is 0 Å². The number of hydrogen-bond donors (Lipinski definition) is 3. The van der Waals surface area contributed by atoms with Gasteiger partial charge in [-0.1, -0.05) is 24.3 Å². The van der Waals surface area contributed by atoms with Crippen molar-refractivity contribution in [1.82, 2.24) is 15.5 Å². The Morgan fingerprint density at radius 1 is 1.39 bits per heavy atom. The number of aliphatic hydroxyl groups excluding tert-OH is 1. The van der Waals surface area contributed by atoms with Crippen molar-refractivity contribution in [1.29, 1.82) is 0 Å². The lowest BCUT2D eigenvalue weighted by molar-refractivity contribution is -0.135. The van der Waals surface area contributed by atoms with Gasteiger partial charge in [0, 0.05) is 19.3 Å². The van der Waals surface area contributed by atoms with Crippen LogP contribution in [-0.2, 0) is 22.7 Å². The third kappa shape index (κ3) is 3.78. The average molecular weight is 315 g/mol. The predicted molar refractivity (Wildman–Crippen MR) is 84.2 cm³/mol. The third-order valence-corrected chi connectivity index (χ3v) is 4.13. The van der Waals surface area contributed by atoms with E-state index in [0.29, 0.717) is 13.2 Å². The van der Waals surface area contributed by atoms with Crippen molar-refractivity contribution >= 4 is 5.91 Å². The van der Waals surface area contributed by atoms with Crippen LogP contribution in [0.5, 0.6) is 0 Å². The van der Waals surface area contributed by atoms with E-state index in [4.69, 9.17) is 4.74 Å². The number of aromatic amines is 1. The maximum absolute atomic E-state index is 12.6. The molecule has 1 aliphatic rings. The molecule has 0 radical (unpaired) electrons. The second kappa shape index (κ2) is 7.39. The summed E-state index contributed by atoms with van der Waals surface area (Å²) in [4.78, 5) is 12.6. The summed E-state index contributed by atoms with van der Waals surface area (Å²) in [6.07, 6.45) is 3.08. The Morgan fingerprint density at radius 2 is 2.26 bits per heavy atom. The van der Waals surface area contributed by atoms with Crippen LogP contribution < -0.4 is 5.32 Å². The first kappa shape index (κ1) is 15.7. The van der Waals surface area contributed by atoms with Crippen molar-refractivity contribution in [3.05, 3.63) is 53.3 Å². The summed E-state index contributed by atoms with van der Waals surface area (Å²) >= 11 is 0. The maximum atomic E-state index is 12.6. The van der Waals surface area contributed by atoms with Crippen LogP contribution in [0.2, 0.25) is 0 Å². The van der Waals surface area contributed by atoms with Gasteiger partial charge in [0.1, 0.15) is 6.10 Å². The molecule has 23 heavy (non-hydrogen) atoms. The summed E-state index contributed by atoms with van der Waals surface area (Å²) in [7, 11) is 0. The largest absolute Gasteiger partial charge is 0.392 e. The van der Waals surface area contributed by atoms with Crippen molar-refractivity contribution in [2.75, 3.05) is 6.61 Å². The average Bonchev–Trinajstić information content (AvgIpc) is 3.14. The standard InChI is InChI=1S/C17H21N3O3/c21-11-13-4-1-3-12(9-13)10-18-17(22)14-5-2-8-23-16(14)15-6-7-19-20-15/h1,3-4,6-7,9,14,16,21H,2,5,8,10-11H2,(H,18,22)(H,19,20)/t14-,16-/m1/s1. The van der Waals surface area contributed by atoms with E-state index in [0.717, 1.165) is 29.7 Å². The molecule has 2 atom stereocenters. The molecule has 3 rings (SSSR count). The Balaban J connectivity index is 1.64. The van der Waals surface area contributed by atoms with E-state index in [1.807, 2.05) is 30.3 Å². The van der Waals surface area contributed by atoms with Gasteiger partial charge in [-0.3, -0.25) is 9.89 Å². The molecular weight excluding hydrogens is 294 g/mol. The summed E-state index contributed by atoms with van der Waals surface area (Å²) in [6.45, 7) is 1.10. The van der Waals surface area contributed by atoms with Gasteiger partial charge in [-0.05, 0) is 30.0 Å². The molecule has 1 fully saturated rings. The zero-order valence-electron chi connectivity index (χ0n) is 12.9. The smallest absolute Gasteiger partial charge is 0.226 e. The molecule has 2 heterocycles. The van der Waals surface area contributed by atoms with Crippen molar-refractivity contribution < 1.29 is 14.6 Å². The summed E-state index contributed by atoms with van der Waals surface area (Å²) in [6, 6.07) is 9.41. The van der Waals surface area contributed by atoms with Gasteiger partial charge in [0.25, 0.3) is 0 Å². The lowest BCUT2D eigenvalue weighted by Crippen LogP contribution is -2.37. The van der Waals surface area contributed by atoms with Crippen molar-refractivity contribution in [2.24, 2.45) is 5.92 Å². The number of carbonyl (C=O) groups is 1. The Bertz CT molecular complexity index is 642. The molecule has 1 aromatic carbocycles. The van der Waals surface area contributed by atoms with Crippen LogP contribution in [0.3, 0.4) is 0 Å². The number of nitrogens with zero attached hydrogens (tertiary/aromatic N) is 1. The summed E-state index contributed by atoms with van der Waals surface area (Å²) in [5, 5.41) is 19.0. The summed E-state index contributed by atoms with van der Waals surface area (Å²) < 4.78 is 5.78. The zero-order chi connectivity index (χ0) is 16.1. The molecule has 0 aliphatic carbocycles. The van der Waals surface area contributed by atoms with Crippen LogP contribution >= 0.6 is 0 Å². The van der Waals surface area contributed by atoms with E-state index in [9.17, 15) is 9.90 Å². The topological polar surface area (TPSA) is 87.2 Å². The molecule has 2 aromatic rings. The van der Waals surface area contributed by atoms with Crippen molar-refractivity contribution in [2.45, 2.75) is 32.1 Å². The molecule has 1 amide bonds. The number of hydrogen-bond acceptors (Lipinski definition) is 4. The molecule has 0 spiro atoms. The van der Waals surface area contributed by atoms with Gasteiger partial charge in [-0.25, -0.2) is 0 Å². The molecule has 122 valence electrons. The first-order chi connectivity index (χ1) is 11.3. The van der Waals surface area contributed by atoms with Crippen LogP contribution in [0.25, 0.3) is 0 Å². The molecule has 3 N–H and O–H groups in total. The molecular formula is C17H21N3O3. The third-order valence-electron chi connectivity index (χ3n) is 4.13. The minimum absolute atomic E-state index is 0.000148. The number of aromatic nitrogens is 2. The molecule has 0 bridgehead atoms. The number of amides is 1. The fourth-order valence-electron chi connectivity index (χ4n) is 2.94. The van der Waals surface area contributed by atoms with E-state index >= 15 is 0 Å².